The van der Waals surface area contributed by atoms with E-state index in [9.17, 15) is 4.79 Å². The number of nitrogens with zero attached hydrogens (tertiary/aromatic N) is 2. The molecule has 1 heterocycles. The molecule has 0 radical (unpaired) electrons. The number of benzene rings is 1. The van der Waals surface area contributed by atoms with Crippen molar-refractivity contribution in [3.8, 4) is 0 Å². The molecular weight excluding hydrogens is 268 g/mol. The summed E-state index contributed by atoms with van der Waals surface area (Å²) in [5, 5.41) is 0.500. The number of carbonyl (C=O) groups is 1. The Hall–Kier alpha value is -1.00. The second kappa shape index (κ2) is 6.19. The highest BCUT2D eigenvalue weighted by Crippen LogP contribution is 2.25. The highest BCUT2D eigenvalue weighted by atomic mass is 32.2. The summed E-state index contributed by atoms with van der Waals surface area (Å²) in [5.41, 5.74) is 3.23. The summed E-state index contributed by atoms with van der Waals surface area (Å²) in [7, 11) is 4.19. The number of likely N-dealkylation sites (N-methyl/N-ethyl adjacent to an activating group) is 1. The molecule has 0 aromatic heterocycles. The fourth-order valence-corrected chi connectivity index (χ4v) is 3.68. The minimum atomic E-state index is 0.163. The third kappa shape index (κ3) is 3.01. The van der Waals surface area contributed by atoms with Crippen LogP contribution in [0.5, 0.6) is 0 Å². The van der Waals surface area contributed by atoms with E-state index >= 15 is 0 Å². The molecule has 0 aliphatic carbocycles. The van der Waals surface area contributed by atoms with Crippen LogP contribution in [-0.2, 0) is 0 Å². The molecule has 0 saturated carbocycles. The Labute approximate surface area is 126 Å². The SMILES string of the molecule is CS[C@H]1CN(C(=O)c2ccc(C)c(C)c2)C[C@@H]1N(C)C. The largest absolute Gasteiger partial charge is 0.336 e. The zero-order chi connectivity index (χ0) is 14.9. The molecule has 1 aromatic carbocycles. The van der Waals surface area contributed by atoms with Gasteiger partial charge in [0.05, 0.1) is 0 Å². The summed E-state index contributed by atoms with van der Waals surface area (Å²) < 4.78 is 0. The monoisotopic (exact) mass is 292 g/mol. The molecule has 1 saturated heterocycles. The number of aryl methyl sites for hydroxylation is 2. The number of hydrogen-bond acceptors (Lipinski definition) is 3. The van der Waals surface area contributed by atoms with Crippen molar-refractivity contribution >= 4 is 17.7 Å². The Bertz CT molecular complexity index is 501. The van der Waals surface area contributed by atoms with Crippen molar-refractivity contribution in [3.63, 3.8) is 0 Å². The lowest BCUT2D eigenvalue weighted by Gasteiger charge is -2.23. The van der Waals surface area contributed by atoms with Crippen molar-refractivity contribution < 1.29 is 4.79 Å². The molecule has 2 rings (SSSR count). The summed E-state index contributed by atoms with van der Waals surface area (Å²) in [5.74, 6) is 0.163. The molecule has 0 bridgehead atoms. The Balaban J connectivity index is 2.16. The predicted octanol–water partition coefficient (Wildman–Crippen LogP) is 2.42. The lowest BCUT2D eigenvalue weighted by molar-refractivity contribution is 0.0783. The lowest BCUT2D eigenvalue weighted by Crippen LogP contribution is -2.37. The van der Waals surface area contributed by atoms with E-state index in [1.54, 1.807) is 0 Å². The smallest absolute Gasteiger partial charge is 0.253 e. The van der Waals surface area contributed by atoms with Gasteiger partial charge in [-0.15, -0.1) is 0 Å². The van der Waals surface area contributed by atoms with Gasteiger partial charge >= 0.3 is 0 Å². The molecule has 0 N–H and O–H groups in total. The minimum Gasteiger partial charge on any atom is -0.336 e. The first-order valence-electron chi connectivity index (χ1n) is 6.99. The second-order valence-electron chi connectivity index (χ2n) is 5.81. The molecule has 110 valence electrons. The third-order valence-electron chi connectivity index (χ3n) is 4.24. The maximum absolute atomic E-state index is 12.6. The van der Waals surface area contributed by atoms with Crippen LogP contribution in [0.25, 0.3) is 0 Å². The zero-order valence-corrected chi connectivity index (χ0v) is 13.8. The van der Waals surface area contributed by atoms with Crippen LogP contribution in [0.15, 0.2) is 18.2 Å². The number of amides is 1. The van der Waals surface area contributed by atoms with Gasteiger partial charge in [-0.25, -0.2) is 0 Å². The van der Waals surface area contributed by atoms with E-state index in [1.165, 1.54) is 11.1 Å². The van der Waals surface area contributed by atoms with E-state index < -0.39 is 0 Å². The number of likely N-dealkylation sites (tertiary alicyclic amines) is 1. The van der Waals surface area contributed by atoms with Crippen molar-refractivity contribution in [2.24, 2.45) is 0 Å². The van der Waals surface area contributed by atoms with Gasteiger partial charge in [0.25, 0.3) is 5.91 Å². The van der Waals surface area contributed by atoms with E-state index in [4.69, 9.17) is 0 Å². The first kappa shape index (κ1) is 15.4. The number of thioether (sulfide) groups is 1. The normalized spacial score (nSPS) is 22.6. The summed E-state index contributed by atoms with van der Waals surface area (Å²) in [6, 6.07) is 6.44. The summed E-state index contributed by atoms with van der Waals surface area (Å²) in [6.45, 7) is 5.80. The summed E-state index contributed by atoms with van der Waals surface area (Å²) >= 11 is 1.86. The van der Waals surface area contributed by atoms with Crippen molar-refractivity contribution in [3.05, 3.63) is 34.9 Å². The molecule has 1 amide bonds. The fraction of sp³-hybridized carbons (Fsp3) is 0.562. The second-order valence-corrected chi connectivity index (χ2v) is 6.89. The van der Waals surface area contributed by atoms with E-state index in [-0.39, 0.29) is 5.91 Å². The Morgan fingerprint density at radius 2 is 1.95 bits per heavy atom. The van der Waals surface area contributed by atoms with Crippen LogP contribution in [0.2, 0.25) is 0 Å². The topological polar surface area (TPSA) is 23.6 Å². The van der Waals surface area contributed by atoms with Gasteiger partial charge in [-0.1, -0.05) is 6.07 Å². The molecule has 1 aromatic rings. The quantitative estimate of drug-likeness (QED) is 0.855. The number of hydrogen-bond donors (Lipinski definition) is 0. The molecule has 1 aliphatic heterocycles. The van der Waals surface area contributed by atoms with Crippen molar-refractivity contribution in [1.29, 1.82) is 0 Å². The Kier molecular flexibility index (Phi) is 4.76. The molecule has 20 heavy (non-hydrogen) atoms. The lowest BCUT2D eigenvalue weighted by atomic mass is 10.1. The van der Waals surface area contributed by atoms with Gasteiger partial charge in [-0.3, -0.25) is 4.79 Å². The van der Waals surface area contributed by atoms with Crippen LogP contribution in [0.1, 0.15) is 21.5 Å². The van der Waals surface area contributed by atoms with Gasteiger partial charge < -0.3 is 9.80 Å². The van der Waals surface area contributed by atoms with Crippen LogP contribution in [0, 0.1) is 13.8 Å². The van der Waals surface area contributed by atoms with E-state index in [0.717, 1.165) is 18.7 Å². The molecule has 3 nitrogen and oxygen atoms in total. The zero-order valence-electron chi connectivity index (χ0n) is 13.0. The van der Waals surface area contributed by atoms with Crippen LogP contribution in [0.4, 0.5) is 0 Å². The minimum absolute atomic E-state index is 0.163. The summed E-state index contributed by atoms with van der Waals surface area (Å²) in [4.78, 5) is 16.9. The van der Waals surface area contributed by atoms with Gasteiger partial charge in [0.1, 0.15) is 0 Å². The van der Waals surface area contributed by atoms with E-state index in [2.05, 4.69) is 39.1 Å². The molecule has 2 atom stereocenters. The standard InChI is InChI=1S/C16H24N2OS/c1-11-6-7-13(8-12(11)2)16(19)18-9-14(17(3)4)15(10-18)20-5/h6-8,14-15H,9-10H2,1-5H3/t14-,15-/m0/s1. The Morgan fingerprint density at radius 1 is 1.25 bits per heavy atom. The molecule has 4 heteroatoms. The predicted molar refractivity (Wildman–Crippen MR) is 86.6 cm³/mol. The van der Waals surface area contributed by atoms with Gasteiger partial charge in [0, 0.05) is 29.9 Å². The van der Waals surface area contributed by atoms with Gasteiger partial charge in [0.15, 0.2) is 0 Å². The highest BCUT2D eigenvalue weighted by Gasteiger charge is 2.36. The summed E-state index contributed by atoms with van der Waals surface area (Å²) in [6.07, 6.45) is 2.13. The van der Waals surface area contributed by atoms with Crippen molar-refractivity contribution in [2.75, 3.05) is 33.4 Å². The van der Waals surface area contributed by atoms with Gasteiger partial charge in [-0.2, -0.15) is 11.8 Å². The maximum atomic E-state index is 12.6. The van der Waals surface area contributed by atoms with Crippen molar-refractivity contribution in [1.82, 2.24) is 9.80 Å². The molecular formula is C16H24N2OS. The molecule has 1 aliphatic rings. The average molecular weight is 292 g/mol. The third-order valence-corrected chi connectivity index (χ3v) is 5.31. The first-order valence-corrected chi connectivity index (χ1v) is 8.28. The van der Waals surface area contributed by atoms with Crippen LogP contribution in [0.3, 0.4) is 0 Å². The molecule has 1 fully saturated rings. The fourth-order valence-electron chi connectivity index (χ4n) is 2.71. The van der Waals surface area contributed by atoms with Gasteiger partial charge in [0.2, 0.25) is 0 Å². The number of rotatable bonds is 3. The highest BCUT2D eigenvalue weighted by molar-refractivity contribution is 7.99. The van der Waals surface area contributed by atoms with Crippen LogP contribution in [-0.4, -0.2) is 60.4 Å². The van der Waals surface area contributed by atoms with Gasteiger partial charge in [-0.05, 0) is 57.5 Å². The molecule has 0 spiro atoms. The number of carbonyl (C=O) groups excluding carboxylic acids is 1. The maximum Gasteiger partial charge on any atom is 0.253 e. The first-order chi connectivity index (χ1) is 9.43. The van der Waals surface area contributed by atoms with Crippen LogP contribution >= 0.6 is 11.8 Å². The Morgan fingerprint density at radius 3 is 2.45 bits per heavy atom. The van der Waals surface area contributed by atoms with Crippen LogP contribution < -0.4 is 0 Å². The van der Waals surface area contributed by atoms with E-state index in [0.29, 0.717) is 11.3 Å². The molecule has 0 unspecified atom stereocenters. The average Bonchev–Trinajstić information content (AvgIpc) is 2.85. The van der Waals surface area contributed by atoms with E-state index in [1.807, 2.05) is 34.9 Å². The van der Waals surface area contributed by atoms with Crippen molar-refractivity contribution in [2.45, 2.75) is 25.1 Å².